The molecule has 8 nitrogen and oxygen atoms in total. The molecule has 0 saturated carbocycles. The number of hydrogen-bond acceptors (Lipinski definition) is 8. The standard InChI is InChI=1S/C27H26N2O6S/c1-4-32-19-9-7-18(8-10-19)24-23(26(31)33-5-2)16(3)28-27-29(24)25(30)22(36-27)15-17-6-11-20-21(14-17)35-13-12-34-20/h6-11,14-15,24H,4-5,12-13H2,1-3H3/b22-15-/t24-/m1/s1. The number of carbonyl (C=O) groups excluding carboxylic acids is 1. The third-order valence-electron chi connectivity index (χ3n) is 5.89. The van der Waals surface area contributed by atoms with E-state index in [2.05, 4.69) is 4.99 Å². The van der Waals surface area contributed by atoms with Gasteiger partial charge in [-0.15, -0.1) is 0 Å². The molecule has 3 aromatic rings. The van der Waals surface area contributed by atoms with Gasteiger partial charge in [0, 0.05) is 0 Å². The van der Waals surface area contributed by atoms with E-state index in [1.807, 2.05) is 49.4 Å². The molecular formula is C27H26N2O6S. The first-order chi connectivity index (χ1) is 17.5. The number of fused-ring (bicyclic) bond motifs is 2. The van der Waals surface area contributed by atoms with E-state index in [0.717, 1.165) is 11.1 Å². The molecule has 0 amide bonds. The molecule has 186 valence electrons. The highest BCUT2D eigenvalue weighted by atomic mass is 32.1. The molecule has 3 heterocycles. The third kappa shape index (κ3) is 4.42. The Kier molecular flexibility index (Phi) is 6.65. The van der Waals surface area contributed by atoms with E-state index in [0.29, 0.717) is 57.7 Å². The van der Waals surface area contributed by atoms with Gasteiger partial charge in [-0.3, -0.25) is 9.36 Å². The van der Waals surface area contributed by atoms with Crippen LogP contribution in [0.2, 0.25) is 0 Å². The van der Waals surface area contributed by atoms with Crippen molar-refractivity contribution in [2.24, 2.45) is 4.99 Å². The molecule has 5 rings (SSSR count). The molecule has 2 aliphatic heterocycles. The average molecular weight is 507 g/mol. The van der Waals surface area contributed by atoms with Crippen molar-refractivity contribution in [2.45, 2.75) is 26.8 Å². The second kappa shape index (κ2) is 10.0. The van der Waals surface area contributed by atoms with Crippen LogP contribution in [0.15, 0.2) is 63.5 Å². The Hall–Kier alpha value is -3.85. The Morgan fingerprint density at radius 2 is 1.86 bits per heavy atom. The summed E-state index contributed by atoms with van der Waals surface area (Å²) < 4.78 is 24.3. The minimum absolute atomic E-state index is 0.222. The number of aromatic nitrogens is 1. The number of benzene rings is 2. The second-order valence-electron chi connectivity index (χ2n) is 8.21. The highest BCUT2D eigenvalue weighted by Gasteiger charge is 2.33. The lowest BCUT2D eigenvalue weighted by Crippen LogP contribution is -2.39. The molecule has 2 aromatic carbocycles. The quantitative estimate of drug-likeness (QED) is 0.478. The molecule has 36 heavy (non-hydrogen) atoms. The highest BCUT2D eigenvalue weighted by molar-refractivity contribution is 7.07. The fourth-order valence-corrected chi connectivity index (χ4v) is 5.37. The number of thiazole rings is 1. The summed E-state index contributed by atoms with van der Waals surface area (Å²) in [5, 5.41) is 0. The second-order valence-corrected chi connectivity index (χ2v) is 9.22. The predicted molar refractivity (Wildman–Crippen MR) is 135 cm³/mol. The van der Waals surface area contributed by atoms with E-state index in [9.17, 15) is 9.59 Å². The van der Waals surface area contributed by atoms with Crippen LogP contribution < -0.4 is 29.1 Å². The first-order valence-electron chi connectivity index (χ1n) is 11.8. The molecule has 0 spiro atoms. The number of hydrogen-bond donors (Lipinski definition) is 0. The summed E-state index contributed by atoms with van der Waals surface area (Å²) in [6.45, 7) is 7.20. The van der Waals surface area contributed by atoms with Crippen LogP contribution in [-0.2, 0) is 9.53 Å². The molecule has 0 radical (unpaired) electrons. The van der Waals surface area contributed by atoms with Crippen molar-refractivity contribution in [1.29, 1.82) is 0 Å². The number of esters is 1. The lowest BCUT2D eigenvalue weighted by Gasteiger charge is -2.24. The Bertz CT molecular complexity index is 1520. The molecule has 0 saturated heterocycles. The van der Waals surface area contributed by atoms with Crippen LogP contribution in [0.25, 0.3) is 6.08 Å². The van der Waals surface area contributed by atoms with Gasteiger partial charge in [0.25, 0.3) is 5.56 Å². The van der Waals surface area contributed by atoms with Gasteiger partial charge in [-0.2, -0.15) is 0 Å². The van der Waals surface area contributed by atoms with Crippen LogP contribution in [0.1, 0.15) is 37.9 Å². The van der Waals surface area contributed by atoms with E-state index >= 15 is 0 Å². The van der Waals surface area contributed by atoms with Crippen LogP contribution in [0.5, 0.6) is 17.2 Å². The fraction of sp³-hybridized carbons (Fsp3) is 0.296. The molecule has 0 fully saturated rings. The smallest absolute Gasteiger partial charge is 0.338 e. The maximum Gasteiger partial charge on any atom is 0.338 e. The van der Waals surface area contributed by atoms with Gasteiger partial charge in [-0.05, 0) is 62.2 Å². The summed E-state index contributed by atoms with van der Waals surface area (Å²) >= 11 is 1.28. The number of nitrogens with zero attached hydrogens (tertiary/aromatic N) is 2. The van der Waals surface area contributed by atoms with Crippen LogP contribution in [-0.4, -0.2) is 37.0 Å². The van der Waals surface area contributed by atoms with Crippen LogP contribution in [0, 0.1) is 0 Å². The largest absolute Gasteiger partial charge is 0.494 e. The van der Waals surface area contributed by atoms with Gasteiger partial charge in [0.1, 0.15) is 19.0 Å². The van der Waals surface area contributed by atoms with Gasteiger partial charge in [0.2, 0.25) is 0 Å². The molecular weight excluding hydrogens is 480 g/mol. The SMILES string of the molecule is CCOC(=O)C1=C(C)N=c2s/c(=C\c3ccc4c(c3)OCCO4)c(=O)n2[C@@H]1c1ccc(OCC)cc1. The topological polar surface area (TPSA) is 88.4 Å². The highest BCUT2D eigenvalue weighted by Crippen LogP contribution is 2.32. The molecule has 0 unspecified atom stereocenters. The first-order valence-corrected chi connectivity index (χ1v) is 12.6. The zero-order valence-corrected chi connectivity index (χ0v) is 21.1. The summed E-state index contributed by atoms with van der Waals surface area (Å²) in [5.74, 6) is 1.56. The van der Waals surface area contributed by atoms with Crippen molar-refractivity contribution >= 4 is 23.4 Å². The van der Waals surface area contributed by atoms with Crippen molar-refractivity contribution in [3.63, 3.8) is 0 Å². The molecule has 0 aliphatic carbocycles. The maximum absolute atomic E-state index is 13.7. The molecule has 1 aromatic heterocycles. The minimum atomic E-state index is -0.668. The van der Waals surface area contributed by atoms with Crippen LogP contribution in [0.4, 0.5) is 0 Å². The van der Waals surface area contributed by atoms with Crippen molar-refractivity contribution < 1.29 is 23.7 Å². The summed E-state index contributed by atoms with van der Waals surface area (Å²) in [6, 6.07) is 12.3. The van der Waals surface area contributed by atoms with Crippen molar-refractivity contribution in [3.05, 3.63) is 84.5 Å². The maximum atomic E-state index is 13.7. The Morgan fingerprint density at radius 3 is 2.58 bits per heavy atom. The van der Waals surface area contributed by atoms with Gasteiger partial charge < -0.3 is 18.9 Å². The number of rotatable bonds is 6. The fourth-order valence-electron chi connectivity index (χ4n) is 4.32. The number of carbonyl (C=O) groups is 1. The minimum Gasteiger partial charge on any atom is -0.494 e. The molecule has 2 aliphatic rings. The van der Waals surface area contributed by atoms with Crippen molar-refractivity contribution in [1.82, 2.24) is 4.57 Å². The first kappa shape index (κ1) is 23.9. The van der Waals surface area contributed by atoms with E-state index < -0.39 is 12.0 Å². The average Bonchev–Trinajstić information content (AvgIpc) is 3.18. The van der Waals surface area contributed by atoms with E-state index in [4.69, 9.17) is 18.9 Å². The van der Waals surface area contributed by atoms with E-state index in [1.54, 1.807) is 24.5 Å². The summed E-state index contributed by atoms with van der Waals surface area (Å²) in [7, 11) is 0. The van der Waals surface area contributed by atoms with Crippen molar-refractivity contribution in [2.75, 3.05) is 26.4 Å². The number of ether oxygens (including phenoxy) is 4. The lowest BCUT2D eigenvalue weighted by molar-refractivity contribution is -0.139. The zero-order valence-electron chi connectivity index (χ0n) is 20.3. The van der Waals surface area contributed by atoms with Crippen LogP contribution in [0.3, 0.4) is 0 Å². The Balaban J connectivity index is 1.65. The monoisotopic (exact) mass is 506 g/mol. The third-order valence-corrected chi connectivity index (χ3v) is 6.87. The predicted octanol–water partition coefficient (Wildman–Crippen LogP) is 2.97. The molecule has 1 atom stereocenters. The van der Waals surface area contributed by atoms with E-state index in [1.165, 1.54) is 11.3 Å². The van der Waals surface area contributed by atoms with Gasteiger partial charge in [-0.25, -0.2) is 9.79 Å². The van der Waals surface area contributed by atoms with Gasteiger partial charge in [0.05, 0.1) is 35.1 Å². The summed E-state index contributed by atoms with van der Waals surface area (Å²) in [5.41, 5.74) is 2.21. The number of allylic oxidation sites excluding steroid dienone is 1. The summed E-state index contributed by atoms with van der Waals surface area (Å²) in [4.78, 5) is 31.9. The van der Waals surface area contributed by atoms with Gasteiger partial charge in [0.15, 0.2) is 16.3 Å². The summed E-state index contributed by atoms with van der Waals surface area (Å²) in [6.07, 6.45) is 1.81. The Morgan fingerprint density at radius 1 is 1.11 bits per heavy atom. The normalized spacial score (nSPS) is 16.9. The molecule has 0 bridgehead atoms. The van der Waals surface area contributed by atoms with Crippen LogP contribution >= 0.6 is 11.3 Å². The Labute approximate surface area is 211 Å². The molecule has 9 heteroatoms. The van der Waals surface area contributed by atoms with Gasteiger partial charge in [-0.1, -0.05) is 29.5 Å². The van der Waals surface area contributed by atoms with E-state index in [-0.39, 0.29) is 12.2 Å². The molecule has 0 N–H and O–H groups in total. The van der Waals surface area contributed by atoms with Gasteiger partial charge >= 0.3 is 5.97 Å². The van der Waals surface area contributed by atoms with Crippen molar-refractivity contribution in [3.8, 4) is 17.2 Å². The lowest BCUT2D eigenvalue weighted by atomic mass is 9.96. The zero-order chi connectivity index (χ0) is 25.2.